The number of likely N-dealkylation sites (N-methyl/N-ethyl adjacent to an activating group) is 1. The van der Waals surface area contributed by atoms with Gasteiger partial charge in [-0.2, -0.15) is 5.10 Å². The Labute approximate surface area is 190 Å². The summed E-state index contributed by atoms with van der Waals surface area (Å²) in [4.78, 5) is 40.2. The molecule has 1 aliphatic heterocycles. The summed E-state index contributed by atoms with van der Waals surface area (Å²) in [6, 6.07) is 7.91. The number of aromatic nitrogens is 2. The van der Waals surface area contributed by atoms with Crippen LogP contribution in [0.15, 0.2) is 30.3 Å². The third-order valence-corrected chi connectivity index (χ3v) is 6.41. The molecule has 0 radical (unpaired) electrons. The number of benzene rings is 1. The number of hydrogen-bond acceptors (Lipinski definition) is 4. The van der Waals surface area contributed by atoms with Gasteiger partial charge in [-0.15, -0.1) is 0 Å². The zero-order valence-corrected chi connectivity index (χ0v) is 18.5. The molecule has 1 aromatic heterocycles. The van der Waals surface area contributed by atoms with Crippen molar-refractivity contribution in [2.45, 2.75) is 50.7 Å². The van der Waals surface area contributed by atoms with Crippen molar-refractivity contribution < 1.29 is 18.8 Å². The van der Waals surface area contributed by atoms with Gasteiger partial charge in [0, 0.05) is 29.4 Å². The fraction of sp³-hybridized carbons (Fsp3) is 0.455. The third-order valence-electron chi connectivity index (χ3n) is 6.16. The molecule has 1 saturated carbocycles. The van der Waals surface area contributed by atoms with Gasteiger partial charge in [-0.25, -0.2) is 4.39 Å². The molecule has 1 aromatic carbocycles. The van der Waals surface area contributed by atoms with Crippen LogP contribution in [-0.4, -0.2) is 57.2 Å². The zero-order valence-electron chi connectivity index (χ0n) is 17.7. The zero-order chi connectivity index (χ0) is 22.9. The molecule has 1 atom stereocenters. The van der Waals surface area contributed by atoms with Crippen molar-refractivity contribution in [3.05, 3.63) is 46.7 Å². The first kappa shape index (κ1) is 22.3. The lowest BCUT2D eigenvalue weighted by Crippen LogP contribution is -2.67. The molecular weight excluding hydrogens is 437 g/mol. The Hall–Kier alpha value is -2.94. The lowest BCUT2D eigenvalue weighted by molar-refractivity contribution is -0.136. The van der Waals surface area contributed by atoms with Gasteiger partial charge < -0.3 is 15.5 Å². The average Bonchev–Trinajstić information content (AvgIpc) is 3.45. The van der Waals surface area contributed by atoms with Crippen molar-refractivity contribution in [2.75, 3.05) is 18.5 Å². The van der Waals surface area contributed by atoms with E-state index in [0.29, 0.717) is 10.7 Å². The van der Waals surface area contributed by atoms with Gasteiger partial charge in [0.15, 0.2) is 11.2 Å². The third kappa shape index (κ3) is 3.97. The first-order chi connectivity index (χ1) is 15.4. The Morgan fingerprint density at radius 1 is 1.25 bits per heavy atom. The van der Waals surface area contributed by atoms with Crippen molar-refractivity contribution >= 4 is 35.0 Å². The van der Waals surface area contributed by atoms with E-state index in [1.807, 2.05) is 0 Å². The molecule has 3 amide bonds. The summed E-state index contributed by atoms with van der Waals surface area (Å²) in [7, 11) is 0. The van der Waals surface area contributed by atoms with Crippen LogP contribution in [0.1, 0.15) is 53.6 Å². The molecule has 2 N–H and O–H groups in total. The fourth-order valence-electron chi connectivity index (χ4n) is 4.42. The molecule has 1 aliphatic carbocycles. The minimum absolute atomic E-state index is 0.00483. The molecule has 0 spiro atoms. The highest BCUT2D eigenvalue weighted by molar-refractivity contribution is 6.30. The quantitative estimate of drug-likeness (QED) is 0.691. The van der Waals surface area contributed by atoms with Crippen molar-refractivity contribution in [2.24, 2.45) is 0 Å². The van der Waals surface area contributed by atoms with Crippen LogP contribution in [0.2, 0.25) is 5.02 Å². The van der Waals surface area contributed by atoms with Crippen LogP contribution in [0.5, 0.6) is 0 Å². The number of nitrogens with zero attached hydrogens (tertiary/aromatic N) is 3. The molecule has 32 heavy (non-hydrogen) atoms. The summed E-state index contributed by atoms with van der Waals surface area (Å²) in [5.74, 6) is -1.57. The molecule has 2 aromatic rings. The number of amides is 3. The SMILES string of the molecule is CCN1C(=O)c2cc(C(=O)Nc3ccc(Cl)cc3)nn2CC1(CF)C(=O)NC1CCCC1. The number of nitrogens with one attached hydrogen (secondary N) is 2. The van der Waals surface area contributed by atoms with E-state index >= 15 is 0 Å². The first-order valence-electron chi connectivity index (χ1n) is 10.7. The summed E-state index contributed by atoms with van der Waals surface area (Å²) in [6.07, 6.45) is 3.71. The van der Waals surface area contributed by atoms with E-state index in [0.717, 1.165) is 25.7 Å². The Morgan fingerprint density at radius 2 is 1.94 bits per heavy atom. The Kier molecular flexibility index (Phi) is 6.19. The summed E-state index contributed by atoms with van der Waals surface area (Å²) in [5.41, 5.74) is -1.03. The van der Waals surface area contributed by atoms with Crippen LogP contribution in [0.3, 0.4) is 0 Å². The second-order valence-electron chi connectivity index (χ2n) is 8.20. The number of carbonyl (C=O) groups excluding carboxylic acids is 3. The van der Waals surface area contributed by atoms with Crippen LogP contribution < -0.4 is 10.6 Å². The molecule has 8 nitrogen and oxygen atoms in total. The predicted molar refractivity (Wildman–Crippen MR) is 117 cm³/mol. The molecule has 0 bridgehead atoms. The predicted octanol–water partition coefficient (Wildman–Crippen LogP) is 3.03. The molecule has 1 fully saturated rings. The summed E-state index contributed by atoms with van der Waals surface area (Å²) in [5, 5.41) is 10.4. The maximum Gasteiger partial charge on any atom is 0.276 e. The van der Waals surface area contributed by atoms with Gasteiger partial charge in [-0.05, 0) is 44.0 Å². The highest BCUT2D eigenvalue weighted by Gasteiger charge is 2.51. The molecular formula is C22H25ClFN5O3. The van der Waals surface area contributed by atoms with Crippen LogP contribution in [0.4, 0.5) is 10.1 Å². The van der Waals surface area contributed by atoms with E-state index in [2.05, 4.69) is 15.7 Å². The summed E-state index contributed by atoms with van der Waals surface area (Å²) in [6.45, 7) is 0.644. The van der Waals surface area contributed by atoms with E-state index in [4.69, 9.17) is 11.6 Å². The fourth-order valence-corrected chi connectivity index (χ4v) is 4.55. The van der Waals surface area contributed by atoms with Crippen LogP contribution in [-0.2, 0) is 11.3 Å². The number of anilines is 1. The highest BCUT2D eigenvalue weighted by atomic mass is 35.5. The maximum absolute atomic E-state index is 14.5. The van der Waals surface area contributed by atoms with E-state index in [-0.39, 0.29) is 30.5 Å². The van der Waals surface area contributed by atoms with Crippen molar-refractivity contribution in [1.82, 2.24) is 20.0 Å². The second-order valence-corrected chi connectivity index (χ2v) is 8.64. The van der Waals surface area contributed by atoms with Gasteiger partial charge >= 0.3 is 0 Å². The lowest BCUT2D eigenvalue weighted by Gasteiger charge is -2.43. The van der Waals surface area contributed by atoms with Crippen molar-refractivity contribution in [1.29, 1.82) is 0 Å². The monoisotopic (exact) mass is 461 g/mol. The van der Waals surface area contributed by atoms with Crippen LogP contribution in [0, 0.1) is 0 Å². The Balaban J connectivity index is 1.60. The number of carbonyl (C=O) groups is 3. The normalized spacial score (nSPS) is 20.8. The largest absolute Gasteiger partial charge is 0.351 e. The van der Waals surface area contributed by atoms with Crippen molar-refractivity contribution in [3.63, 3.8) is 0 Å². The minimum Gasteiger partial charge on any atom is -0.351 e. The summed E-state index contributed by atoms with van der Waals surface area (Å²) < 4.78 is 15.7. The van der Waals surface area contributed by atoms with Gasteiger partial charge in [-0.1, -0.05) is 24.4 Å². The molecule has 4 rings (SSSR count). The van der Waals surface area contributed by atoms with E-state index in [1.54, 1.807) is 31.2 Å². The molecule has 2 heterocycles. The maximum atomic E-state index is 14.5. The van der Waals surface area contributed by atoms with Crippen LogP contribution in [0.25, 0.3) is 0 Å². The Morgan fingerprint density at radius 3 is 2.56 bits per heavy atom. The van der Waals surface area contributed by atoms with Gasteiger partial charge in [0.2, 0.25) is 0 Å². The standard InChI is InChI=1S/C22H25ClFN5O3/c1-2-28-20(31)18-11-17(19(30)25-16-9-7-14(23)8-10-16)27-29(18)13-22(28,12-24)21(32)26-15-5-3-4-6-15/h7-11,15H,2-6,12-13H2,1H3,(H,25,30)(H,26,32). The number of halogens is 2. The summed E-state index contributed by atoms with van der Waals surface area (Å²) >= 11 is 5.86. The first-order valence-corrected chi connectivity index (χ1v) is 11.1. The van der Waals surface area contributed by atoms with Gasteiger partial charge in [0.05, 0.1) is 6.54 Å². The minimum atomic E-state index is -1.70. The van der Waals surface area contributed by atoms with E-state index < -0.39 is 29.9 Å². The Bertz CT molecular complexity index is 1030. The van der Waals surface area contributed by atoms with Gasteiger partial charge in [0.25, 0.3) is 17.7 Å². The highest BCUT2D eigenvalue weighted by Crippen LogP contribution is 2.30. The number of rotatable bonds is 6. The molecule has 2 aliphatic rings. The molecule has 0 saturated heterocycles. The number of alkyl halides is 1. The smallest absolute Gasteiger partial charge is 0.276 e. The van der Waals surface area contributed by atoms with Gasteiger partial charge in [0.1, 0.15) is 12.4 Å². The van der Waals surface area contributed by atoms with Gasteiger partial charge in [-0.3, -0.25) is 19.1 Å². The van der Waals surface area contributed by atoms with Crippen molar-refractivity contribution in [3.8, 4) is 0 Å². The molecule has 10 heteroatoms. The molecule has 170 valence electrons. The lowest BCUT2D eigenvalue weighted by atomic mass is 9.93. The van der Waals surface area contributed by atoms with Crippen LogP contribution >= 0.6 is 11.6 Å². The topological polar surface area (TPSA) is 96.3 Å². The molecule has 1 unspecified atom stereocenters. The average molecular weight is 462 g/mol. The van der Waals surface area contributed by atoms with E-state index in [9.17, 15) is 18.8 Å². The number of fused-ring (bicyclic) bond motifs is 1. The number of hydrogen-bond donors (Lipinski definition) is 2. The second kappa shape index (κ2) is 8.90. The van der Waals surface area contributed by atoms with E-state index in [1.165, 1.54) is 15.6 Å².